The fraction of sp³-hybridized carbons (Fsp3) is 0.588. The van der Waals surface area contributed by atoms with E-state index in [0.29, 0.717) is 18.3 Å². The van der Waals surface area contributed by atoms with Crippen molar-refractivity contribution in [2.75, 3.05) is 18.8 Å². The van der Waals surface area contributed by atoms with Gasteiger partial charge in [0.2, 0.25) is 5.91 Å². The SMILES string of the molecule is CC(C)CN(CC(C)C)C(=O)CCc1ccccc1N. The van der Waals surface area contributed by atoms with E-state index in [-0.39, 0.29) is 5.91 Å². The highest BCUT2D eigenvalue weighted by molar-refractivity contribution is 5.76. The summed E-state index contributed by atoms with van der Waals surface area (Å²) in [5.74, 6) is 1.23. The lowest BCUT2D eigenvalue weighted by Gasteiger charge is -2.26. The van der Waals surface area contributed by atoms with E-state index in [1.807, 2.05) is 29.2 Å². The van der Waals surface area contributed by atoms with Gasteiger partial charge in [-0.1, -0.05) is 45.9 Å². The second-order valence-corrected chi connectivity index (χ2v) is 6.29. The van der Waals surface area contributed by atoms with Crippen molar-refractivity contribution in [1.82, 2.24) is 4.90 Å². The maximum Gasteiger partial charge on any atom is 0.222 e. The molecular weight excluding hydrogens is 248 g/mol. The lowest BCUT2D eigenvalue weighted by atomic mass is 10.1. The Morgan fingerprint density at radius 1 is 1.10 bits per heavy atom. The van der Waals surface area contributed by atoms with E-state index in [2.05, 4.69) is 27.7 Å². The van der Waals surface area contributed by atoms with Crippen LogP contribution in [-0.2, 0) is 11.2 Å². The standard InChI is InChI=1S/C17H28N2O/c1-13(2)11-19(12-14(3)4)17(20)10-9-15-7-5-6-8-16(15)18/h5-8,13-14H,9-12,18H2,1-4H3. The number of carbonyl (C=O) groups excluding carboxylic acids is 1. The third-order valence-electron chi connectivity index (χ3n) is 3.19. The van der Waals surface area contributed by atoms with Gasteiger partial charge in [0.05, 0.1) is 0 Å². The Hall–Kier alpha value is -1.51. The van der Waals surface area contributed by atoms with Gasteiger partial charge in [-0.2, -0.15) is 0 Å². The largest absolute Gasteiger partial charge is 0.399 e. The van der Waals surface area contributed by atoms with Crippen LogP contribution in [0.5, 0.6) is 0 Å². The van der Waals surface area contributed by atoms with Gasteiger partial charge in [0, 0.05) is 25.2 Å². The first kappa shape index (κ1) is 16.5. The monoisotopic (exact) mass is 276 g/mol. The molecule has 0 aliphatic rings. The fourth-order valence-electron chi connectivity index (χ4n) is 2.32. The summed E-state index contributed by atoms with van der Waals surface area (Å²) in [7, 11) is 0. The predicted molar refractivity (Wildman–Crippen MR) is 85.4 cm³/mol. The minimum Gasteiger partial charge on any atom is -0.399 e. The molecule has 0 spiro atoms. The lowest BCUT2D eigenvalue weighted by Crippen LogP contribution is -2.37. The summed E-state index contributed by atoms with van der Waals surface area (Å²) in [5.41, 5.74) is 7.76. The van der Waals surface area contributed by atoms with Gasteiger partial charge in [-0.25, -0.2) is 0 Å². The number of para-hydroxylation sites is 1. The van der Waals surface area contributed by atoms with Crippen molar-refractivity contribution in [3.05, 3.63) is 29.8 Å². The first-order chi connectivity index (χ1) is 9.40. The van der Waals surface area contributed by atoms with Gasteiger partial charge in [-0.05, 0) is 29.9 Å². The van der Waals surface area contributed by atoms with E-state index < -0.39 is 0 Å². The van der Waals surface area contributed by atoms with Crippen LogP contribution in [-0.4, -0.2) is 23.9 Å². The number of nitrogen functional groups attached to an aromatic ring is 1. The molecule has 0 saturated heterocycles. The minimum atomic E-state index is 0.232. The Balaban J connectivity index is 2.59. The zero-order chi connectivity index (χ0) is 15.1. The van der Waals surface area contributed by atoms with Crippen LogP contribution in [0.3, 0.4) is 0 Å². The lowest BCUT2D eigenvalue weighted by molar-refractivity contribution is -0.132. The van der Waals surface area contributed by atoms with Crippen LogP contribution in [0.25, 0.3) is 0 Å². The van der Waals surface area contributed by atoms with Gasteiger partial charge in [0.25, 0.3) is 0 Å². The van der Waals surface area contributed by atoms with Gasteiger partial charge in [-0.15, -0.1) is 0 Å². The molecule has 1 amide bonds. The van der Waals surface area contributed by atoms with E-state index in [4.69, 9.17) is 5.73 Å². The van der Waals surface area contributed by atoms with Gasteiger partial charge in [0.15, 0.2) is 0 Å². The number of benzene rings is 1. The average Bonchev–Trinajstić information content (AvgIpc) is 2.35. The summed E-state index contributed by atoms with van der Waals surface area (Å²) in [5, 5.41) is 0. The number of anilines is 1. The number of nitrogens with two attached hydrogens (primary N) is 1. The van der Waals surface area contributed by atoms with Crippen LogP contribution >= 0.6 is 0 Å². The highest BCUT2D eigenvalue weighted by Gasteiger charge is 2.16. The molecule has 0 bridgehead atoms. The van der Waals surface area contributed by atoms with Crippen LogP contribution < -0.4 is 5.73 Å². The first-order valence-electron chi connectivity index (χ1n) is 7.51. The van der Waals surface area contributed by atoms with Gasteiger partial charge in [-0.3, -0.25) is 4.79 Å². The third kappa shape index (κ3) is 5.64. The number of rotatable bonds is 7. The molecule has 0 fully saturated rings. The molecule has 0 aliphatic heterocycles. The van der Waals surface area contributed by atoms with Crippen LogP contribution in [0, 0.1) is 11.8 Å². The zero-order valence-corrected chi connectivity index (χ0v) is 13.2. The van der Waals surface area contributed by atoms with Crippen molar-refractivity contribution < 1.29 is 4.79 Å². The molecule has 3 nitrogen and oxygen atoms in total. The van der Waals surface area contributed by atoms with E-state index in [0.717, 1.165) is 30.8 Å². The summed E-state index contributed by atoms with van der Waals surface area (Å²) in [6, 6.07) is 7.78. The molecule has 0 atom stereocenters. The second-order valence-electron chi connectivity index (χ2n) is 6.29. The van der Waals surface area contributed by atoms with Crippen LogP contribution in [0.1, 0.15) is 39.7 Å². The maximum absolute atomic E-state index is 12.4. The van der Waals surface area contributed by atoms with Gasteiger partial charge < -0.3 is 10.6 Å². The van der Waals surface area contributed by atoms with Crippen molar-refractivity contribution in [2.45, 2.75) is 40.5 Å². The average molecular weight is 276 g/mol. The molecule has 1 aromatic rings. The van der Waals surface area contributed by atoms with Gasteiger partial charge >= 0.3 is 0 Å². The molecule has 0 heterocycles. The van der Waals surface area contributed by atoms with Crippen molar-refractivity contribution in [3.8, 4) is 0 Å². The molecular formula is C17H28N2O. The second kappa shape index (κ2) is 7.93. The van der Waals surface area contributed by atoms with E-state index >= 15 is 0 Å². The highest BCUT2D eigenvalue weighted by Crippen LogP contribution is 2.14. The quantitative estimate of drug-likeness (QED) is 0.776. The maximum atomic E-state index is 12.4. The minimum absolute atomic E-state index is 0.232. The van der Waals surface area contributed by atoms with Crippen molar-refractivity contribution in [1.29, 1.82) is 0 Å². The number of nitrogens with zero attached hydrogens (tertiary/aromatic N) is 1. The van der Waals surface area contributed by atoms with Crippen molar-refractivity contribution in [2.24, 2.45) is 11.8 Å². The number of carbonyl (C=O) groups is 1. The molecule has 0 unspecified atom stereocenters. The number of aryl methyl sites for hydroxylation is 1. The molecule has 0 radical (unpaired) electrons. The Morgan fingerprint density at radius 2 is 1.65 bits per heavy atom. The number of hydrogen-bond donors (Lipinski definition) is 1. The van der Waals surface area contributed by atoms with E-state index in [1.165, 1.54) is 0 Å². The van der Waals surface area contributed by atoms with Crippen molar-refractivity contribution >= 4 is 11.6 Å². The summed E-state index contributed by atoms with van der Waals surface area (Å²) in [6.07, 6.45) is 1.26. The van der Waals surface area contributed by atoms with Crippen LogP contribution in [0.2, 0.25) is 0 Å². The molecule has 1 rings (SSSR count). The Kier molecular flexibility index (Phi) is 6.56. The molecule has 0 aromatic heterocycles. The molecule has 20 heavy (non-hydrogen) atoms. The fourth-order valence-corrected chi connectivity index (χ4v) is 2.32. The predicted octanol–water partition coefficient (Wildman–Crippen LogP) is 3.34. The van der Waals surface area contributed by atoms with Crippen molar-refractivity contribution in [3.63, 3.8) is 0 Å². The molecule has 3 heteroatoms. The summed E-state index contributed by atoms with van der Waals surface area (Å²) in [6.45, 7) is 10.3. The first-order valence-corrected chi connectivity index (χ1v) is 7.51. The Labute approximate surface area is 123 Å². The van der Waals surface area contributed by atoms with Crippen LogP contribution in [0.15, 0.2) is 24.3 Å². The molecule has 0 aliphatic carbocycles. The zero-order valence-electron chi connectivity index (χ0n) is 13.2. The highest BCUT2D eigenvalue weighted by atomic mass is 16.2. The van der Waals surface area contributed by atoms with E-state index in [1.54, 1.807) is 0 Å². The molecule has 1 aromatic carbocycles. The topological polar surface area (TPSA) is 46.3 Å². The third-order valence-corrected chi connectivity index (χ3v) is 3.19. The molecule has 112 valence electrons. The normalized spacial score (nSPS) is 11.1. The summed E-state index contributed by atoms with van der Waals surface area (Å²) >= 11 is 0. The smallest absolute Gasteiger partial charge is 0.222 e. The number of hydrogen-bond acceptors (Lipinski definition) is 2. The Morgan fingerprint density at radius 3 is 2.15 bits per heavy atom. The van der Waals surface area contributed by atoms with E-state index in [9.17, 15) is 4.79 Å². The van der Waals surface area contributed by atoms with Crippen LogP contribution in [0.4, 0.5) is 5.69 Å². The Bertz CT molecular complexity index is 417. The summed E-state index contributed by atoms with van der Waals surface area (Å²) in [4.78, 5) is 14.4. The molecule has 0 saturated carbocycles. The van der Waals surface area contributed by atoms with Gasteiger partial charge in [0.1, 0.15) is 0 Å². The number of amides is 1. The molecule has 2 N–H and O–H groups in total. The summed E-state index contributed by atoms with van der Waals surface area (Å²) < 4.78 is 0.